The Balaban J connectivity index is 2.11. The third kappa shape index (κ3) is 3.34. The fourth-order valence-electron chi connectivity index (χ4n) is 2.11. The van der Waals surface area contributed by atoms with Crippen LogP contribution in [0.1, 0.15) is 39.2 Å². The van der Waals surface area contributed by atoms with Crippen LogP contribution in [0, 0.1) is 0 Å². The highest BCUT2D eigenvalue weighted by atomic mass is 16.2. The lowest BCUT2D eigenvalue weighted by Gasteiger charge is -2.24. The number of benzene rings is 1. The standard InChI is InChI=1S/C15H20N2O2/c1-15(2,3)10-5-4-6-11(9-10)16-12-7-8-13(18)17-14(12)19/h4-6,9,12,16H,7-8H2,1-3H3,(H,17,18,19). The first-order valence-corrected chi connectivity index (χ1v) is 6.57. The Morgan fingerprint density at radius 2 is 2.00 bits per heavy atom. The van der Waals surface area contributed by atoms with Gasteiger partial charge in [0.15, 0.2) is 0 Å². The highest BCUT2D eigenvalue weighted by molar-refractivity contribution is 6.01. The number of amides is 2. The van der Waals surface area contributed by atoms with E-state index < -0.39 is 0 Å². The summed E-state index contributed by atoms with van der Waals surface area (Å²) in [6.45, 7) is 6.45. The first-order valence-electron chi connectivity index (χ1n) is 6.57. The largest absolute Gasteiger partial charge is 0.374 e. The molecule has 1 unspecified atom stereocenters. The Morgan fingerprint density at radius 3 is 2.63 bits per heavy atom. The van der Waals surface area contributed by atoms with E-state index >= 15 is 0 Å². The van der Waals surface area contributed by atoms with Crippen molar-refractivity contribution >= 4 is 17.5 Å². The maximum absolute atomic E-state index is 11.7. The molecule has 0 aromatic heterocycles. The summed E-state index contributed by atoms with van der Waals surface area (Å²) in [4.78, 5) is 22.8. The van der Waals surface area contributed by atoms with Crippen LogP contribution in [0.3, 0.4) is 0 Å². The van der Waals surface area contributed by atoms with Crippen molar-refractivity contribution in [3.63, 3.8) is 0 Å². The van der Waals surface area contributed by atoms with Gasteiger partial charge in [-0.05, 0) is 29.5 Å². The first kappa shape index (κ1) is 13.6. The van der Waals surface area contributed by atoms with Crippen LogP contribution in [0.15, 0.2) is 24.3 Å². The fourth-order valence-corrected chi connectivity index (χ4v) is 2.11. The van der Waals surface area contributed by atoms with Crippen molar-refractivity contribution in [3.05, 3.63) is 29.8 Å². The molecular formula is C15H20N2O2. The third-order valence-corrected chi connectivity index (χ3v) is 3.31. The number of nitrogens with one attached hydrogen (secondary N) is 2. The molecule has 0 saturated carbocycles. The molecule has 1 saturated heterocycles. The van der Waals surface area contributed by atoms with Crippen LogP contribution in [0.25, 0.3) is 0 Å². The molecule has 1 aromatic carbocycles. The predicted octanol–water partition coefficient (Wildman–Crippen LogP) is 2.20. The third-order valence-electron chi connectivity index (χ3n) is 3.31. The van der Waals surface area contributed by atoms with Crippen LogP contribution < -0.4 is 10.6 Å². The van der Waals surface area contributed by atoms with Gasteiger partial charge < -0.3 is 5.32 Å². The van der Waals surface area contributed by atoms with Crippen LogP contribution in [0.4, 0.5) is 5.69 Å². The zero-order valence-corrected chi connectivity index (χ0v) is 11.6. The van der Waals surface area contributed by atoms with Gasteiger partial charge in [0.25, 0.3) is 0 Å². The Bertz CT molecular complexity index is 503. The van der Waals surface area contributed by atoms with Crippen LogP contribution >= 0.6 is 0 Å². The Morgan fingerprint density at radius 1 is 1.26 bits per heavy atom. The monoisotopic (exact) mass is 260 g/mol. The summed E-state index contributed by atoms with van der Waals surface area (Å²) < 4.78 is 0. The quantitative estimate of drug-likeness (QED) is 0.801. The van der Waals surface area contributed by atoms with Crippen LogP contribution in [-0.2, 0) is 15.0 Å². The second-order valence-electron chi connectivity index (χ2n) is 5.98. The highest BCUT2D eigenvalue weighted by Crippen LogP contribution is 2.25. The molecule has 1 aliphatic rings. The van der Waals surface area contributed by atoms with Gasteiger partial charge in [0.2, 0.25) is 11.8 Å². The number of piperidine rings is 1. The van der Waals surface area contributed by atoms with Crippen molar-refractivity contribution in [2.75, 3.05) is 5.32 Å². The van der Waals surface area contributed by atoms with Crippen molar-refractivity contribution in [2.45, 2.75) is 45.1 Å². The molecule has 0 spiro atoms. The summed E-state index contributed by atoms with van der Waals surface area (Å²) in [5.41, 5.74) is 2.20. The van der Waals surface area contributed by atoms with Crippen molar-refractivity contribution in [1.29, 1.82) is 0 Å². The van der Waals surface area contributed by atoms with E-state index in [1.807, 2.05) is 12.1 Å². The predicted molar refractivity (Wildman–Crippen MR) is 74.9 cm³/mol. The summed E-state index contributed by atoms with van der Waals surface area (Å²) in [6, 6.07) is 7.74. The average molecular weight is 260 g/mol. The van der Waals surface area contributed by atoms with Crippen LogP contribution in [0.2, 0.25) is 0 Å². The molecule has 2 N–H and O–H groups in total. The second kappa shape index (κ2) is 5.03. The van der Waals surface area contributed by atoms with E-state index in [0.29, 0.717) is 12.8 Å². The topological polar surface area (TPSA) is 58.2 Å². The number of imide groups is 1. The molecule has 1 fully saturated rings. The minimum absolute atomic E-state index is 0.0719. The van der Waals surface area contributed by atoms with Crippen molar-refractivity contribution < 1.29 is 9.59 Å². The molecule has 1 aliphatic heterocycles. The molecule has 2 rings (SSSR count). The minimum atomic E-state index is -0.326. The number of carbonyl (C=O) groups is 2. The van der Waals surface area contributed by atoms with Gasteiger partial charge in [-0.2, -0.15) is 0 Å². The number of hydrogen-bond acceptors (Lipinski definition) is 3. The zero-order chi connectivity index (χ0) is 14.0. The lowest BCUT2D eigenvalue weighted by Crippen LogP contribution is -2.47. The summed E-state index contributed by atoms with van der Waals surface area (Å²) >= 11 is 0. The van der Waals surface area contributed by atoms with E-state index in [0.717, 1.165) is 5.69 Å². The highest BCUT2D eigenvalue weighted by Gasteiger charge is 2.26. The maximum Gasteiger partial charge on any atom is 0.249 e. The Kier molecular flexibility index (Phi) is 3.60. The van der Waals surface area contributed by atoms with E-state index in [2.05, 4.69) is 43.5 Å². The van der Waals surface area contributed by atoms with E-state index in [-0.39, 0.29) is 23.3 Å². The Labute approximate surface area is 113 Å². The van der Waals surface area contributed by atoms with Crippen molar-refractivity contribution in [2.24, 2.45) is 0 Å². The van der Waals surface area contributed by atoms with Crippen LogP contribution in [0.5, 0.6) is 0 Å². The summed E-state index contributed by atoms with van der Waals surface area (Å²) in [5, 5.41) is 5.55. The lowest BCUT2D eigenvalue weighted by atomic mass is 9.87. The van der Waals surface area contributed by atoms with E-state index in [1.54, 1.807) is 0 Å². The number of anilines is 1. The van der Waals surface area contributed by atoms with Gasteiger partial charge in [0.1, 0.15) is 6.04 Å². The van der Waals surface area contributed by atoms with Crippen molar-refractivity contribution in [3.8, 4) is 0 Å². The molecule has 1 atom stereocenters. The average Bonchev–Trinajstić information content (AvgIpc) is 2.32. The molecule has 0 bridgehead atoms. The zero-order valence-electron chi connectivity index (χ0n) is 11.6. The van der Waals surface area contributed by atoms with Gasteiger partial charge in [-0.3, -0.25) is 14.9 Å². The van der Waals surface area contributed by atoms with Crippen molar-refractivity contribution in [1.82, 2.24) is 5.32 Å². The summed E-state index contributed by atoms with van der Waals surface area (Å²) in [5.74, 6) is -0.427. The first-order chi connectivity index (χ1) is 8.86. The van der Waals surface area contributed by atoms with E-state index in [4.69, 9.17) is 0 Å². The minimum Gasteiger partial charge on any atom is -0.374 e. The van der Waals surface area contributed by atoms with Gasteiger partial charge >= 0.3 is 0 Å². The SMILES string of the molecule is CC(C)(C)c1cccc(NC2CCC(=O)NC2=O)c1. The molecule has 0 aliphatic carbocycles. The number of rotatable bonds is 2. The normalized spacial score (nSPS) is 20.1. The molecule has 102 valence electrons. The fraction of sp³-hybridized carbons (Fsp3) is 0.467. The van der Waals surface area contributed by atoms with Gasteiger partial charge in [-0.1, -0.05) is 32.9 Å². The number of hydrogen-bond donors (Lipinski definition) is 2. The second-order valence-corrected chi connectivity index (χ2v) is 5.98. The van der Waals surface area contributed by atoms with Gasteiger partial charge in [-0.15, -0.1) is 0 Å². The van der Waals surface area contributed by atoms with Gasteiger partial charge in [0, 0.05) is 12.1 Å². The summed E-state index contributed by atoms with van der Waals surface area (Å²) in [7, 11) is 0. The van der Waals surface area contributed by atoms with Gasteiger partial charge in [0.05, 0.1) is 0 Å². The Hall–Kier alpha value is -1.84. The molecular weight excluding hydrogens is 240 g/mol. The van der Waals surface area contributed by atoms with Gasteiger partial charge in [-0.25, -0.2) is 0 Å². The maximum atomic E-state index is 11.7. The molecule has 1 aromatic rings. The molecule has 4 heteroatoms. The smallest absolute Gasteiger partial charge is 0.249 e. The molecule has 0 radical (unpaired) electrons. The van der Waals surface area contributed by atoms with E-state index in [9.17, 15) is 9.59 Å². The van der Waals surface area contributed by atoms with Crippen LogP contribution in [-0.4, -0.2) is 17.9 Å². The molecule has 4 nitrogen and oxygen atoms in total. The summed E-state index contributed by atoms with van der Waals surface area (Å²) in [6.07, 6.45) is 0.937. The molecule has 19 heavy (non-hydrogen) atoms. The van der Waals surface area contributed by atoms with E-state index in [1.165, 1.54) is 5.56 Å². The molecule has 2 amide bonds. The number of carbonyl (C=O) groups excluding carboxylic acids is 2. The lowest BCUT2D eigenvalue weighted by molar-refractivity contribution is -0.133. The molecule has 1 heterocycles.